The number of phenolic OH excluding ortho intramolecular Hbond substituents is 1. The fourth-order valence-corrected chi connectivity index (χ4v) is 8.19. The lowest BCUT2D eigenvalue weighted by Gasteiger charge is -2.50. The third-order valence-electron chi connectivity index (χ3n) is 10.2. The molecule has 7 rings (SSSR count). The fourth-order valence-electron chi connectivity index (χ4n) is 8.19. The molecule has 46 heavy (non-hydrogen) atoms. The largest absolute Gasteiger partial charge is 0.502 e. The standard InChI is InChI=1S/C35H33N3O8/c1-18-9-11-21(12-10-18)36-37-32(41)25-17-24-22(13-14-23-28(24)33(42)38(44)31(23)40)29(19-15-26(45-2)30(39)27(16-19)46-3)35(25,34(37)43)20-7-5-4-6-8-20/h4-13,15-16,23-25,28-29,36,39,44H,14,17H2,1-3H3. The zero-order chi connectivity index (χ0) is 32.5. The molecule has 6 unspecified atom stereocenters. The topological polar surface area (TPSA) is 146 Å². The summed E-state index contributed by atoms with van der Waals surface area (Å²) in [6.45, 7) is 1.94. The monoisotopic (exact) mass is 623 g/mol. The number of benzene rings is 3. The van der Waals surface area contributed by atoms with Crippen molar-refractivity contribution < 1.29 is 39.0 Å². The van der Waals surface area contributed by atoms with Crippen molar-refractivity contribution in [1.82, 2.24) is 10.1 Å². The van der Waals surface area contributed by atoms with Crippen LogP contribution >= 0.6 is 0 Å². The summed E-state index contributed by atoms with van der Waals surface area (Å²) >= 11 is 0. The average Bonchev–Trinajstić information content (AvgIpc) is 3.42. The SMILES string of the molecule is COc1cc(C2C3=CCC4C(=O)N(O)C(=O)C4C3CC3C(=O)N(Nc4ccc(C)cc4)C(=O)C32c2ccccc2)cc(OC)c1O. The minimum Gasteiger partial charge on any atom is -0.502 e. The molecule has 1 saturated carbocycles. The molecule has 0 spiro atoms. The van der Waals surface area contributed by atoms with E-state index in [0.29, 0.717) is 22.4 Å². The quantitative estimate of drug-likeness (QED) is 0.210. The van der Waals surface area contributed by atoms with Gasteiger partial charge in [-0.15, -0.1) is 0 Å². The summed E-state index contributed by atoms with van der Waals surface area (Å²) in [5.41, 5.74) is 4.92. The Hall–Kier alpha value is -5.16. The summed E-state index contributed by atoms with van der Waals surface area (Å²) in [5.74, 6) is -6.51. The van der Waals surface area contributed by atoms with Gasteiger partial charge in [0.25, 0.3) is 23.6 Å². The molecule has 2 saturated heterocycles. The normalized spacial score (nSPS) is 28.4. The van der Waals surface area contributed by atoms with E-state index in [1.807, 2.05) is 55.5 Å². The van der Waals surface area contributed by atoms with Crippen LogP contribution in [0.1, 0.15) is 35.4 Å². The molecule has 2 heterocycles. The number of hydrogen-bond acceptors (Lipinski definition) is 9. The van der Waals surface area contributed by atoms with E-state index in [0.717, 1.165) is 10.6 Å². The van der Waals surface area contributed by atoms with Crippen molar-refractivity contribution in [1.29, 1.82) is 0 Å². The smallest absolute Gasteiger partial charge is 0.260 e. The van der Waals surface area contributed by atoms with Gasteiger partial charge in [-0.1, -0.05) is 59.7 Å². The van der Waals surface area contributed by atoms with Crippen LogP contribution in [-0.2, 0) is 24.6 Å². The van der Waals surface area contributed by atoms with E-state index in [-0.39, 0.29) is 35.2 Å². The number of nitrogens with zero attached hydrogens (tertiary/aromatic N) is 2. The van der Waals surface area contributed by atoms with Gasteiger partial charge < -0.3 is 14.6 Å². The number of fused-ring (bicyclic) bond motifs is 4. The van der Waals surface area contributed by atoms with E-state index in [1.54, 1.807) is 24.3 Å². The van der Waals surface area contributed by atoms with Crippen LogP contribution in [0.15, 0.2) is 78.4 Å². The van der Waals surface area contributed by atoms with Crippen LogP contribution < -0.4 is 14.9 Å². The number of hydrogen-bond donors (Lipinski definition) is 3. The molecular formula is C35H33N3O8. The van der Waals surface area contributed by atoms with E-state index in [9.17, 15) is 24.7 Å². The first kappa shape index (κ1) is 29.5. The Kier molecular flexibility index (Phi) is 6.89. The number of methoxy groups -OCH3 is 2. The fraction of sp³-hybridized carbons (Fsp3) is 0.314. The molecule has 3 N–H and O–H groups in total. The van der Waals surface area contributed by atoms with Gasteiger partial charge in [0.05, 0.1) is 43.1 Å². The van der Waals surface area contributed by atoms with Crippen molar-refractivity contribution in [2.45, 2.75) is 31.1 Å². The molecule has 3 aromatic rings. The Morgan fingerprint density at radius 3 is 2.15 bits per heavy atom. The van der Waals surface area contributed by atoms with Crippen LogP contribution in [0.25, 0.3) is 0 Å². The Bertz CT molecular complexity index is 1780. The number of amides is 4. The number of nitrogens with one attached hydrogen (secondary N) is 1. The van der Waals surface area contributed by atoms with E-state index in [2.05, 4.69) is 5.43 Å². The Morgan fingerprint density at radius 1 is 0.870 bits per heavy atom. The maximum absolute atomic E-state index is 15.1. The second-order valence-electron chi connectivity index (χ2n) is 12.4. The van der Waals surface area contributed by atoms with Crippen molar-refractivity contribution in [3.8, 4) is 17.2 Å². The number of aryl methyl sites for hydroxylation is 1. The zero-order valence-corrected chi connectivity index (χ0v) is 25.5. The summed E-state index contributed by atoms with van der Waals surface area (Å²) in [7, 11) is 2.80. The predicted octanol–water partition coefficient (Wildman–Crippen LogP) is 4.09. The second-order valence-corrected chi connectivity index (χ2v) is 12.4. The minimum atomic E-state index is -1.50. The minimum absolute atomic E-state index is 0.0915. The van der Waals surface area contributed by atoms with Crippen LogP contribution in [0.4, 0.5) is 5.69 Å². The van der Waals surface area contributed by atoms with Crippen molar-refractivity contribution in [2.75, 3.05) is 19.6 Å². The van der Waals surface area contributed by atoms with Gasteiger partial charge in [0.1, 0.15) is 0 Å². The lowest BCUT2D eigenvalue weighted by atomic mass is 9.49. The highest BCUT2D eigenvalue weighted by Crippen LogP contribution is 2.64. The third kappa shape index (κ3) is 4.00. The van der Waals surface area contributed by atoms with Gasteiger partial charge in [0, 0.05) is 5.92 Å². The van der Waals surface area contributed by atoms with E-state index < -0.39 is 58.6 Å². The maximum atomic E-state index is 15.1. The van der Waals surface area contributed by atoms with Crippen molar-refractivity contribution >= 4 is 29.3 Å². The number of hydrazine groups is 1. The van der Waals surface area contributed by atoms with E-state index in [1.165, 1.54) is 14.2 Å². The van der Waals surface area contributed by atoms with Crippen LogP contribution in [0.2, 0.25) is 0 Å². The number of aromatic hydroxyl groups is 1. The van der Waals surface area contributed by atoms with Gasteiger partial charge >= 0.3 is 0 Å². The molecular weight excluding hydrogens is 590 g/mol. The van der Waals surface area contributed by atoms with Gasteiger partial charge in [-0.2, -0.15) is 10.1 Å². The number of allylic oxidation sites excluding steroid dienone is 2. The molecule has 0 aromatic heterocycles. The average molecular weight is 624 g/mol. The molecule has 6 atom stereocenters. The molecule has 11 heteroatoms. The lowest BCUT2D eigenvalue weighted by molar-refractivity contribution is -0.173. The summed E-state index contributed by atoms with van der Waals surface area (Å²) in [6.07, 6.45) is 2.14. The lowest BCUT2D eigenvalue weighted by Crippen LogP contribution is -2.53. The number of anilines is 1. The molecule has 236 valence electrons. The van der Waals surface area contributed by atoms with Gasteiger partial charge in [-0.25, -0.2) is 0 Å². The number of rotatable bonds is 6. The first-order valence-electron chi connectivity index (χ1n) is 15.1. The molecule has 11 nitrogen and oxygen atoms in total. The molecule has 0 radical (unpaired) electrons. The molecule has 0 bridgehead atoms. The first-order chi connectivity index (χ1) is 22.1. The first-order valence-corrected chi connectivity index (χ1v) is 15.1. The Morgan fingerprint density at radius 2 is 1.52 bits per heavy atom. The highest BCUT2D eigenvalue weighted by molar-refractivity contribution is 6.13. The van der Waals surface area contributed by atoms with Gasteiger partial charge in [0.2, 0.25) is 5.75 Å². The summed E-state index contributed by atoms with van der Waals surface area (Å²) in [4.78, 5) is 56.0. The Labute approximate surface area is 264 Å². The number of carbonyl (C=O) groups is 4. The number of ether oxygens (including phenoxy) is 2. The maximum Gasteiger partial charge on any atom is 0.260 e. The molecule has 4 aliphatic rings. The third-order valence-corrected chi connectivity index (χ3v) is 10.2. The number of imide groups is 2. The number of hydroxylamine groups is 2. The highest BCUT2D eigenvalue weighted by atomic mass is 16.5. The van der Waals surface area contributed by atoms with Crippen molar-refractivity contribution in [3.63, 3.8) is 0 Å². The van der Waals surface area contributed by atoms with Crippen LogP contribution in [0.3, 0.4) is 0 Å². The summed E-state index contributed by atoms with van der Waals surface area (Å²) < 4.78 is 11.0. The molecule has 2 aliphatic heterocycles. The summed E-state index contributed by atoms with van der Waals surface area (Å²) in [6, 6.07) is 19.6. The molecule has 3 fully saturated rings. The highest BCUT2D eigenvalue weighted by Gasteiger charge is 2.70. The van der Waals surface area contributed by atoms with Crippen LogP contribution in [0, 0.1) is 30.6 Å². The Balaban J connectivity index is 1.50. The van der Waals surface area contributed by atoms with Crippen molar-refractivity contribution in [2.24, 2.45) is 23.7 Å². The molecule has 4 amide bonds. The number of carbonyl (C=O) groups excluding carboxylic acids is 4. The molecule has 3 aromatic carbocycles. The van der Waals surface area contributed by atoms with Crippen LogP contribution in [-0.4, -0.2) is 58.2 Å². The van der Waals surface area contributed by atoms with Crippen LogP contribution in [0.5, 0.6) is 17.2 Å². The van der Waals surface area contributed by atoms with Gasteiger partial charge in [0.15, 0.2) is 11.5 Å². The van der Waals surface area contributed by atoms with Gasteiger partial charge in [-0.3, -0.25) is 29.8 Å². The second kappa shape index (κ2) is 10.7. The number of phenols is 1. The van der Waals surface area contributed by atoms with Gasteiger partial charge in [-0.05, 0) is 61.1 Å². The van der Waals surface area contributed by atoms with Crippen molar-refractivity contribution in [3.05, 3.63) is 95.1 Å². The predicted molar refractivity (Wildman–Crippen MR) is 164 cm³/mol. The van der Waals surface area contributed by atoms with E-state index in [4.69, 9.17) is 9.47 Å². The molecule has 2 aliphatic carbocycles. The summed E-state index contributed by atoms with van der Waals surface area (Å²) in [5, 5.41) is 22.5. The zero-order valence-electron chi connectivity index (χ0n) is 25.5. The van der Waals surface area contributed by atoms with E-state index >= 15 is 4.79 Å².